The number of piperazine rings is 1. The summed E-state index contributed by atoms with van der Waals surface area (Å²) in [5, 5.41) is 20.6. The topological polar surface area (TPSA) is 111 Å². The Morgan fingerprint density at radius 1 is 1.20 bits per heavy atom. The van der Waals surface area contributed by atoms with Gasteiger partial charge in [0.15, 0.2) is 0 Å². The van der Waals surface area contributed by atoms with Gasteiger partial charge in [0.1, 0.15) is 24.2 Å². The Balaban J connectivity index is 1.32. The minimum absolute atomic E-state index is 0.0390. The van der Waals surface area contributed by atoms with E-state index in [1.165, 1.54) is 0 Å². The van der Waals surface area contributed by atoms with Gasteiger partial charge in [0.05, 0.1) is 23.1 Å². The zero-order valence-corrected chi connectivity index (χ0v) is 23.9. The minimum atomic E-state index is -1.76. The largest absolute Gasteiger partial charge is 0.490 e. The van der Waals surface area contributed by atoms with E-state index in [4.69, 9.17) is 26.1 Å². The predicted molar refractivity (Wildman–Crippen MR) is 150 cm³/mol. The van der Waals surface area contributed by atoms with Crippen LogP contribution in [0.15, 0.2) is 12.1 Å². The highest BCUT2D eigenvalue weighted by molar-refractivity contribution is 6.63. The molecule has 4 aliphatic heterocycles. The number of fused-ring (bicyclic) bond motifs is 4. The van der Waals surface area contributed by atoms with Gasteiger partial charge in [0.2, 0.25) is 0 Å². The number of alkyl halides is 1. The fourth-order valence-electron chi connectivity index (χ4n) is 6.97. The Morgan fingerprint density at radius 3 is 2.60 bits per heavy atom. The van der Waals surface area contributed by atoms with Crippen molar-refractivity contribution in [3.05, 3.63) is 17.2 Å². The summed E-state index contributed by atoms with van der Waals surface area (Å²) in [5.41, 5.74) is -0.339. The lowest BCUT2D eigenvalue weighted by atomic mass is 9.80. The number of nitrogens with zero attached hydrogens (tertiary/aromatic N) is 5. The molecule has 4 aliphatic rings. The van der Waals surface area contributed by atoms with E-state index in [0.717, 1.165) is 32.2 Å². The zero-order chi connectivity index (χ0) is 28.4. The van der Waals surface area contributed by atoms with Gasteiger partial charge in [-0.2, -0.15) is 9.97 Å². The lowest BCUT2D eigenvalue weighted by molar-refractivity contribution is 0.0122. The van der Waals surface area contributed by atoms with Crippen LogP contribution in [0.4, 0.5) is 15.0 Å². The van der Waals surface area contributed by atoms with Crippen LogP contribution in [0.25, 0.3) is 10.9 Å². The SMILES string of the molecule is CC(C)(C)OC(=O)N1C2CCC1CN(c1nc(OC[C@@]34CCCN3C[C@H](F)C4)nc3cc(B(O)O)c(Cl)cc13)C2. The van der Waals surface area contributed by atoms with E-state index in [-0.39, 0.29) is 46.8 Å². The number of anilines is 1. The highest BCUT2D eigenvalue weighted by Crippen LogP contribution is 2.41. The number of hydrogen-bond acceptors (Lipinski definition) is 9. The third-order valence-electron chi connectivity index (χ3n) is 8.67. The summed E-state index contributed by atoms with van der Waals surface area (Å²) in [4.78, 5) is 28.6. The Morgan fingerprint density at radius 2 is 1.93 bits per heavy atom. The summed E-state index contributed by atoms with van der Waals surface area (Å²) >= 11 is 6.43. The van der Waals surface area contributed by atoms with Gasteiger partial charge in [-0.25, -0.2) is 9.18 Å². The molecular formula is C27H36BClFN5O5. The molecule has 1 aromatic heterocycles. The maximum atomic E-state index is 14.3. The number of aromatic nitrogens is 2. The van der Waals surface area contributed by atoms with Gasteiger partial charge in [-0.15, -0.1) is 0 Å². The molecule has 4 atom stereocenters. The first-order valence-electron chi connectivity index (χ1n) is 14.1. The maximum Gasteiger partial charge on any atom is 0.490 e. The first kappa shape index (κ1) is 27.7. The maximum absolute atomic E-state index is 14.3. The third kappa shape index (κ3) is 5.08. The van der Waals surface area contributed by atoms with Gasteiger partial charge in [-0.3, -0.25) is 9.80 Å². The van der Waals surface area contributed by atoms with Crippen molar-refractivity contribution < 1.29 is 28.7 Å². The van der Waals surface area contributed by atoms with Gasteiger partial charge in [-0.1, -0.05) is 11.6 Å². The van der Waals surface area contributed by atoms with Crippen molar-refractivity contribution in [3.8, 4) is 6.01 Å². The second-order valence-corrected chi connectivity index (χ2v) is 13.0. The molecule has 0 saturated carbocycles. The first-order valence-corrected chi connectivity index (χ1v) is 14.5. The van der Waals surface area contributed by atoms with E-state index in [2.05, 4.69) is 14.8 Å². The highest BCUT2D eigenvalue weighted by Gasteiger charge is 2.49. The second-order valence-electron chi connectivity index (χ2n) is 12.6. The molecule has 4 fully saturated rings. The van der Waals surface area contributed by atoms with Crippen molar-refractivity contribution in [3.63, 3.8) is 0 Å². The molecule has 2 unspecified atom stereocenters. The molecule has 40 heavy (non-hydrogen) atoms. The van der Waals surface area contributed by atoms with E-state index >= 15 is 0 Å². The molecular weight excluding hydrogens is 540 g/mol. The van der Waals surface area contributed by atoms with Crippen LogP contribution in [0.2, 0.25) is 5.02 Å². The lowest BCUT2D eigenvalue weighted by Gasteiger charge is -2.42. The number of amides is 1. The van der Waals surface area contributed by atoms with Gasteiger partial charge in [0.25, 0.3) is 0 Å². The fraction of sp³-hybridized carbons (Fsp3) is 0.667. The van der Waals surface area contributed by atoms with Crippen molar-refractivity contribution in [1.29, 1.82) is 0 Å². The molecule has 2 aromatic rings. The van der Waals surface area contributed by atoms with Crippen LogP contribution in [0.1, 0.15) is 52.9 Å². The molecule has 1 amide bonds. The molecule has 2 N–H and O–H groups in total. The average molecular weight is 576 g/mol. The quantitative estimate of drug-likeness (QED) is 0.520. The molecule has 0 radical (unpaired) electrons. The Hall–Kier alpha value is -2.41. The van der Waals surface area contributed by atoms with Gasteiger partial charge < -0.3 is 24.4 Å². The molecule has 10 nitrogen and oxygen atoms in total. The molecule has 6 rings (SSSR count). The number of benzene rings is 1. The normalized spacial score (nSPS) is 28.3. The number of carbonyl (C=O) groups excluding carboxylic acids is 1. The number of ether oxygens (including phenoxy) is 2. The zero-order valence-electron chi connectivity index (χ0n) is 23.1. The molecule has 216 valence electrons. The number of halogens is 2. The van der Waals surface area contributed by atoms with Crippen molar-refractivity contribution >= 4 is 47.0 Å². The molecule has 4 saturated heterocycles. The van der Waals surface area contributed by atoms with Crippen LogP contribution < -0.4 is 15.1 Å². The van der Waals surface area contributed by atoms with E-state index < -0.39 is 18.9 Å². The number of hydrogen-bond donors (Lipinski definition) is 2. The summed E-state index contributed by atoms with van der Waals surface area (Å²) in [5.74, 6) is 0.609. The molecule has 13 heteroatoms. The van der Waals surface area contributed by atoms with Crippen molar-refractivity contribution in [2.24, 2.45) is 0 Å². The first-order chi connectivity index (χ1) is 18.9. The Labute approximate surface area is 238 Å². The van der Waals surface area contributed by atoms with Crippen LogP contribution in [0.5, 0.6) is 6.01 Å². The van der Waals surface area contributed by atoms with Crippen molar-refractivity contribution in [2.75, 3.05) is 37.7 Å². The smallest absolute Gasteiger partial charge is 0.461 e. The summed E-state index contributed by atoms with van der Waals surface area (Å²) in [7, 11) is -1.76. The van der Waals surface area contributed by atoms with Gasteiger partial charge in [-0.05, 0) is 65.1 Å². The second kappa shape index (κ2) is 10.1. The van der Waals surface area contributed by atoms with Crippen LogP contribution in [-0.2, 0) is 4.74 Å². The van der Waals surface area contributed by atoms with Crippen LogP contribution >= 0.6 is 11.6 Å². The third-order valence-corrected chi connectivity index (χ3v) is 9.00. The number of rotatable bonds is 5. The fourth-order valence-corrected chi connectivity index (χ4v) is 7.23. The average Bonchev–Trinajstić information content (AvgIpc) is 3.48. The van der Waals surface area contributed by atoms with Crippen molar-refractivity contribution in [2.45, 2.75) is 82.3 Å². The van der Waals surface area contributed by atoms with Crippen LogP contribution in [0, 0.1) is 0 Å². The predicted octanol–water partition coefficient (Wildman–Crippen LogP) is 2.51. The Kier molecular flexibility index (Phi) is 7.04. The van der Waals surface area contributed by atoms with Crippen LogP contribution in [-0.4, -0.2) is 105 Å². The van der Waals surface area contributed by atoms with Crippen LogP contribution in [0.3, 0.4) is 0 Å². The van der Waals surface area contributed by atoms with Gasteiger partial charge >= 0.3 is 19.2 Å². The minimum Gasteiger partial charge on any atom is -0.461 e. The summed E-state index contributed by atoms with van der Waals surface area (Å²) in [6.45, 7) is 8.24. The monoisotopic (exact) mass is 575 g/mol. The van der Waals surface area contributed by atoms with Crippen molar-refractivity contribution in [1.82, 2.24) is 19.8 Å². The molecule has 0 spiro atoms. The van der Waals surface area contributed by atoms with Gasteiger partial charge in [0, 0.05) is 41.9 Å². The Bertz CT molecular complexity index is 1300. The summed E-state index contributed by atoms with van der Waals surface area (Å²) < 4.78 is 26.2. The van der Waals surface area contributed by atoms with E-state index in [1.54, 1.807) is 12.1 Å². The lowest BCUT2D eigenvalue weighted by Crippen LogP contribution is -2.57. The summed E-state index contributed by atoms with van der Waals surface area (Å²) in [6.07, 6.45) is 2.84. The van der Waals surface area contributed by atoms with E-state index in [1.807, 2.05) is 25.7 Å². The highest BCUT2D eigenvalue weighted by atomic mass is 35.5. The van der Waals surface area contributed by atoms with E-state index in [0.29, 0.717) is 42.8 Å². The molecule has 2 bridgehead atoms. The summed E-state index contributed by atoms with van der Waals surface area (Å²) in [6, 6.07) is 3.26. The number of carbonyl (C=O) groups is 1. The molecule has 1 aromatic carbocycles. The molecule has 0 aliphatic carbocycles. The van der Waals surface area contributed by atoms with E-state index in [9.17, 15) is 19.2 Å². The standard InChI is InChI=1S/C27H36BClFN5O5/c1-26(2,3)40-25(36)35-17-5-6-18(35)14-33(13-17)23-19-9-21(29)20(28(37)38)10-22(19)31-24(32-23)39-15-27-7-4-8-34(27)12-16(30)11-27/h9-10,16-18,37-38H,4-8,11-15H2,1-3H3/t16-,17?,18?,27+/m1/s1. The molecule has 5 heterocycles.